The average Bonchev–Trinajstić information content (AvgIpc) is 2.43. The van der Waals surface area contributed by atoms with E-state index in [2.05, 4.69) is 11.4 Å². The maximum Gasteiger partial charge on any atom is 1.00 e. The zero-order chi connectivity index (χ0) is 14.9. The summed E-state index contributed by atoms with van der Waals surface area (Å²) in [5, 5.41) is 0. The molecule has 0 aliphatic rings. The van der Waals surface area contributed by atoms with E-state index < -0.39 is 8.25 Å². The van der Waals surface area contributed by atoms with E-state index in [1.165, 1.54) is 77.0 Å². The summed E-state index contributed by atoms with van der Waals surface area (Å²) in [6.07, 6.45) is 18.5. The van der Waals surface area contributed by atoms with Gasteiger partial charge in [0.2, 0.25) is 0 Å². The van der Waals surface area contributed by atoms with Crippen molar-refractivity contribution < 1.29 is 76.0 Å². The van der Waals surface area contributed by atoms with Crippen molar-refractivity contribution in [3.63, 3.8) is 0 Å². The number of rotatable bonds is 16. The predicted octanol–water partition coefficient (Wildman–Crippen LogP) is 0.367. The molecular weight excluding hydrogens is 317 g/mol. The summed E-state index contributed by atoms with van der Waals surface area (Å²) in [4.78, 5) is 8.44. The van der Waals surface area contributed by atoms with Gasteiger partial charge in [0.1, 0.15) is 6.61 Å². The SMILES string of the molecule is CCCCCCCCCCCCCCCCO[P+](=O)O.[H-].[H-].[Na+].[Na+]. The van der Waals surface area contributed by atoms with Crippen molar-refractivity contribution in [3.8, 4) is 0 Å². The van der Waals surface area contributed by atoms with Crippen molar-refractivity contribution >= 4 is 8.25 Å². The molecule has 0 aromatic carbocycles. The van der Waals surface area contributed by atoms with Crippen LogP contribution in [0.5, 0.6) is 0 Å². The van der Waals surface area contributed by atoms with Crippen LogP contribution in [-0.4, -0.2) is 11.5 Å². The summed E-state index contributed by atoms with van der Waals surface area (Å²) in [5.41, 5.74) is 0. The van der Waals surface area contributed by atoms with Gasteiger partial charge >= 0.3 is 67.4 Å². The molecule has 6 heteroatoms. The van der Waals surface area contributed by atoms with E-state index in [-0.39, 0.29) is 62.0 Å². The smallest absolute Gasteiger partial charge is 1.00 e. The first-order valence-corrected chi connectivity index (χ1v) is 9.69. The van der Waals surface area contributed by atoms with Crippen LogP contribution < -0.4 is 59.1 Å². The minimum absolute atomic E-state index is 0. The van der Waals surface area contributed by atoms with E-state index in [4.69, 9.17) is 4.89 Å². The number of hydrogen-bond acceptors (Lipinski definition) is 2. The van der Waals surface area contributed by atoms with E-state index >= 15 is 0 Å². The fourth-order valence-electron chi connectivity index (χ4n) is 2.44. The van der Waals surface area contributed by atoms with Gasteiger partial charge in [-0.2, -0.15) is 0 Å². The maximum absolute atomic E-state index is 10.3. The standard InChI is InChI=1S/C16H33O3P.2Na.2H/c1-2-3-4-5-6-7-8-9-10-11-12-13-14-15-16-19-20(17)18;;;;/h2-16H2,1H3;;;;/q;2*+1;2*-1/p+1. The summed E-state index contributed by atoms with van der Waals surface area (Å²) in [7, 11) is -2.39. The fraction of sp³-hybridized carbons (Fsp3) is 1.00. The molecule has 0 saturated carbocycles. The van der Waals surface area contributed by atoms with E-state index in [9.17, 15) is 4.57 Å². The summed E-state index contributed by atoms with van der Waals surface area (Å²) >= 11 is 0. The van der Waals surface area contributed by atoms with Gasteiger partial charge in [-0.25, -0.2) is 0 Å². The van der Waals surface area contributed by atoms with E-state index in [0.717, 1.165) is 12.8 Å². The third-order valence-corrected chi connectivity index (χ3v) is 4.10. The largest absolute Gasteiger partial charge is 1.00 e. The van der Waals surface area contributed by atoms with Crippen LogP contribution >= 0.6 is 8.25 Å². The molecule has 22 heavy (non-hydrogen) atoms. The van der Waals surface area contributed by atoms with Crippen LogP contribution in [0.4, 0.5) is 0 Å². The van der Waals surface area contributed by atoms with Crippen LogP contribution in [0.15, 0.2) is 0 Å². The molecule has 0 fully saturated rings. The molecule has 1 unspecified atom stereocenters. The topological polar surface area (TPSA) is 46.5 Å². The summed E-state index contributed by atoms with van der Waals surface area (Å²) < 4.78 is 14.9. The molecule has 124 valence electrons. The molecule has 0 saturated heterocycles. The normalized spacial score (nSPS) is 10.7. The van der Waals surface area contributed by atoms with Gasteiger partial charge in [0.15, 0.2) is 0 Å². The van der Waals surface area contributed by atoms with Crippen molar-refractivity contribution in [2.75, 3.05) is 6.61 Å². The monoisotopic (exact) mass is 353 g/mol. The molecule has 0 aliphatic carbocycles. The minimum atomic E-state index is -2.39. The summed E-state index contributed by atoms with van der Waals surface area (Å²) in [5.74, 6) is 0. The Morgan fingerprint density at radius 3 is 1.36 bits per heavy atom. The maximum atomic E-state index is 10.3. The molecule has 0 radical (unpaired) electrons. The van der Waals surface area contributed by atoms with Crippen LogP contribution in [0.2, 0.25) is 0 Å². The van der Waals surface area contributed by atoms with Crippen LogP contribution in [-0.2, 0) is 9.09 Å². The first-order chi connectivity index (χ1) is 9.77. The first-order valence-electron chi connectivity index (χ1n) is 8.56. The van der Waals surface area contributed by atoms with Gasteiger partial charge in [0.25, 0.3) is 0 Å². The third-order valence-electron chi connectivity index (χ3n) is 3.70. The predicted molar refractivity (Wildman–Crippen MR) is 88.3 cm³/mol. The Labute approximate surface area is 186 Å². The minimum Gasteiger partial charge on any atom is -1.00 e. The molecule has 1 N–H and O–H groups in total. The van der Waals surface area contributed by atoms with Gasteiger partial charge in [-0.05, 0) is 6.42 Å². The molecule has 0 aromatic heterocycles. The molecular formula is C16H36Na2O3P+. The second kappa shape index (κ2) is 25.3. The second-order valence-corrected chi connectivity index (χ2v) is 6.40. The first kappa shape index (κ1) is 28.8. The number of unbranched alkanes of at least 4 members (excludes halogenated alkanes) is 13. The molecule has 0 aliphatic heterocycles. The van der Waals surface area contributed by atoms with Crippen molar-refractivity contribution in [1.29, 1.82) is 0 Å². The molecule has 0 amide bonds. The Morgan fingerprint density at radius 1 is 0.727 bits per heavy atom. The molecule has 3 nitrogen and oxygen atoms in total. The molecule has 0 rings (SSSR count). The van der Waals surface area contributed by atoms with Crippen molar-refractivity contribution in [2.45, 2.75) is 96.8 Å². The number of hydrogen-bond donors (Lipinski definition) is 1. The summed E-state index contributed by atoms with van der Waals surface area (Å²) in [6, 6.07) is 0. The van der Waals surface area contributed by atoms with Gasteiger partial charge in [-0.1, -0.05) is 90.4 Å². The van der Waals surface area contributed by atoms with Crippen LogP contribution in [0, 0.1) is 0 Å². The fourth-order valence-corrected chi connectivity index (χ4v) is 2.72. The average molecular weight is 353 g/mol. The Bertz CT molecular complexity index is 229. The van der Waals surface area contributed by atoms with Gasteiger partial charge < -0.3 is 2.85 Å². The van der Waals surface area contributed by atoms with Crippen molar-refractivity contribution in [1.82, 2.24) is 0 Å². The quantitative estimate of drug-likeness (QED) is 0.248. The van der Waals surface area contributed by atoms with Crippen LogP contribution in [0.25, 0.3) is 0 Å². The van der Waals surface area contributed by atoms with E-state index in [1.807, 2.05) is 0 Å². The Kier molecular flexibility index (Phi) is 33.1. The molecule has 0 heterocycles. The van der Waals surface area contributed by atoms with Crippen LogP contribution in [0.3, 0.4) is 0 Å². The van der Waals surface area contributed by atoms with Gasteiger partial charge in [-0.3, -0.25) is 0 Å². The Hall–Kier alpha value is 2.02. The zero-order valence-corrected chi connectivity index (χ0v) is 20.2. The summed E-state index contributed by atoms with van der Waals surface area (Å²) in [6.45, 7) is 2.69. The zero-order valence-electron chi connectivity index (χ0n) is 17.3. The van der Waals surface area contributed by atoms with Gasteiger partial charge in [-0.15, -0.1) is 9.42 Å². The van der Waals surface area contributed by atoms with Gasteiger partial charge in [0, 0.05) is 4.57 Å². The van der Waals surface area contributed by atoms with E-state index in [0.29, 0.717) is 6.61 Å². The Balaban J connectivity index is -0.000000301. The Morgan fingerprint density at radius 2 is 1.05 bits per heavy atom. The molecule has 0 aromatic rings. The molecule has 0 spiro atoms. The molecule has 1 atom stereocenters. The van der Waals surface area contributed by atoms with Crippen molar-refractivity contribution in [3.05, 3.63) is 0 Å². The third kappa shape index (κ3) is 26.9. The van der Waals surface area contributed by atoms with Crippen molar-refractivity contribution in [2.24, 2.45) is 0 Å². The van der Waals surface area contributed by atoms with E-state index in [1.54, 1.807) is 0 Å². The molecule has 0 bridgehead atoms. The van der Waals surface area contributed by atoms with Crippen LogP contribution in [0.1, 0.15) is 99.7 Å². The van der Waals surface area contributed by atoms with Gasteiger partial charge in [0.05, 0.1) is 0 Å². The second-order valence-electron chi connectivity index (χ2n) is 5.67.